The average Bonchev–Trinajstić information content (AvgIpc) is 2.79. The van der Waals surface area contributed by atoms with Gasteiger partial charge < -0.3 is 0 Å². The van der Waals surface area contributed by atoms with Gasteiger partial charge in [-0.1, -0.05) is 107 Å². The van der Waals surface area contributed by atoms with Crippen LogP contribution in [0.2, 0.25) is 0 Å². The summed E-state index contributed by atoms with van der Waals surface area (Å²) in [4.78, 5) is 0. The zero-order valence-electron chi connectivity index (χ0n) is 15.8. The number of hydrogen-bond donors (Lipinski definition) is 0. The minimum Gasteiger partial charge on any atom is -0.0616 e. The first-order chi connectivity index (χ1) is 14.3. The zero-order chi connectivity index (χ0) is 19.6. The SMILES string of the molecule is Brc1cccc(-c2cccc(-c3ccc(-c4ccc5ccccc5c4)cc3)c2)c1. The lowest BCUT2D eigenvalue weighted by atomic mass is 9.96. The van der Waals surface area contributed by atoms with E-state index < -0.39 is 0 Å². The van der Waals surface area contributed by atoms with Crippen LogP contribution in [0.1, 0.15) is 0 Å². The lowest BCUT2D eigenvalue weighted by Gasteiger charge is -2.09. The molecule has 1 heteroatoms. The molecule has 0 nitrogen and oxygen atoms in total. The van der Waals surface area contributed by atoms with E-state index in [9.17, 15) is 0 Å². The Labute approximate surface area is 179 Å². The summed E-state index contributed by atoms with van der Waals surface area (Å²) in [7, 11) is 0. The molecule has 138 valence electrons. The van der Waals surface area contributed by atoms with Crippen molar-refractivity contribution in [3.8, 4) is 33.4 Å². The lowest BCUT2D eigenvalue weighted by molar-refractivity contribution is 1.57. The maximum absolute atomic E-state index is 3.57. The maximum atomic E-state index is 3.57. The van der Waals surface area contributed by atoms with Crippen molar-refractivity contribution in [3.63, 3.8) is 0 Å². The molecule has 5 aromatic rings. The molecule has 0 amide bonds. The van der Waals surface area contributed by atoms with Gasteiger partial charge in [0, 0.05) is 4.47 Å². The van der Waals surface area contributed by atoms with Crippen molar-refractivity contribution >= 4 is 26.7 Å². The van der Waals surface area contributed by atoms with Crippen LogP contribution in [0.15, 0.2) is 120 Å². The van der Waals surface area contributed by atoms with Gasteiger partial charge in [0.05, 0.1) is 0 Å². The summed E-state index contributed by atoms with van der Waals surface area (Å²) in [6.07, 6.45) is 0. The number of hydrogen-bond acceptors (Lipinski definition) is 0. The van der Waals surface area contributed by atoms with E-state index in [0.717, 1.165) is 4.47 Å². The molecule has 0 N–H and O–H groups in total. The predicted octanol–water partition coefficient (Wildman–Crippen LogP) is 8.60. The minimum atomic E-state index is 1.10. The van der Waals surface area contributed by atoms with E-state index in [0.29, 0.717) is 0 Å². The van der Waals surface area contributed by atoms with Crippen molar-refractivity contribution in [2.75, 3.05) is 0 Å². The van der Waals surface area contributed by atoms with Crippen LogP contribution >= 0.6 is 15.9 Å². The zero-order valence-corrected chi connectivity index (χ0v) is 17.4. The largest absolute Gasteiger partial charge is 0.0616 e. The predicted molar refractivity (Wildman–Crippen MR) is 128 cm³/mol. The summed E-state index contributed by atoms with van der Waals surface area (Å²) in [6, 6.07) is 41.2. The van der Waals surface area contributed by atoms with E-state index in [-0.39, 0.29) is 0 Å². The summed E-state index contributed by atoms with van der Waals surface area (Å²) in [6.45, 7) is 0. The van der Waals surface area contributed by atoms with Gasteiger partial charge in [0.1, 0.15) is 0 Å². The molecule has 0 spiro atoms. The third kappa shape index (κ3) is 3.74. The summed E-state index contributed by atoms with van der Waals surface area (Å²) in [5, 5.41) is 2.55. The lowest BCUT2D eigenvalue weighted by Crippen LogP contribution is -1.83. The Kier molecular flexibility index (Phi) is 4.75. The van der Waals surface area contributed by atoms with Crippen LogP contribution in [0.4, 0.5) is 0 Å². The average molecular weight is 435 g/mol. The molecule has 0 radical (unpaired) electrons. The Bertz CT molecular complexity index is 1300. The van der Waals surface area contributed by atoms with Gasteiger partial charge in [-0.2, -0.15) is 0 Å². The number of rotatable bonds is 3. The van der Waals surface area contributed by atoms with E-state index in [1.54, 1.807) is 0 Å². The van der Waals surface area contributed by atoms with E-state index in [4.69, 9.17) is 0 Å². The highest BCUT2D eigenvalue weighted by Crippen LogP contribution is 2.30. The number of fused-ring (bicyclic) bond motifs is 1. The van der Waals surface area contributed by atoms with Crippen molar-refractivity contribution in [1.82, 2.24) is 0 Å². The van der Waals surface area contributed by atoms with Gasteiger partial charge in [-0.15, -0.1) is 0 Å². The molecule has 0 saturated carbocycles. The Balaban J connectivity index is 1.47. The highest BCUT2D eigenvalue weighted by atomic mass is 79.9. The summed E-state index contributed by atoms with van der Waals surface area (Å²) in [5.74, 6) is 0. The van der Waals surface area contributed by atoms with Crippen LogP contribution in [0.3, 0.4) is 0 Å². The van der Waals surface area contributed by atoms with Gasteiger partial charge in [-0.3, -0.25) is 0 Å². The Morgan fingerprint density at radius 2 is 0.862 bits per heavy atom. The fraction of sp³-hybridized carbons (Fsp3) is 0. The first-order valence-corrected chi connectivity index (χ1v) is 10.5. The second-order valence-corrected chi connectivity index (χ2v) is 8.15. The first kappa shape index (κ1) is 17.9. The fourth-order valence-corrected chi connectivity index (χ4v) is 4.17. The molecule has 5 rings (SSSR count). The summed E-state index contributed by atoms with van der Waals surface area (Å²) >= 11 is 3.57. The van der Waals surface area contributed by atoms with Crippen molar-refractivity contribution in [1.29, 1.82) is 0 Å². The molecule has 0 aromatic heterocycles. The van der Waals surface area contributed by atoms with Crippen molar-refractivity contribution in [2.45, 2.75) is 0 Å². The smallest absolute Gasteiger partial charge is 0.0181 e. The summed E-state index contributed by atoms with van der Waals surface area (Å²) < 4.78 is 1.10. The molecular formula is C28H19Br. The quantitative estimate of drug-likeness (QED) is 0.266. The van der Waals surface area contributed by atoms with E-state index in [1.165, 1.54) is 44.2 Å². The van der Waals surface area contributed by atoms with E-state index in [2.05, 4.69) is 131 Å². The fourth-order valence-electron chi connectivity index (χ4n) is 3.77. The monoisotopic (exact) mass is 434 g/mol. The van der Waals surface area contributed by atoms with Gasteiger partial charge >= 0.3 is 0 Å². The van der Waals surface area contributed by atoms with Crippen molar-refractivity contribution in [2.24, 2.45) is 0 Å². The third-order valence-corrected chi connectivity index (χ3v) is 5.81. The third-order valence-electron chi connectivity index (χ3n) is 5.32. The van der Waals surface area contributed by atoms with Gasteiger partial charge in [0.2, 0.25) is 0 Å². The van der Waals surface area contributed by atoms with Crippen LogP contribution in [0.5, 0.6) is 0 Å². The van der Waals surface area contributed by atoms with Gasteiger partial charge in [-0.05, 0) is 68.4 Å². The second-order valence-electron chi connectivity index (χ2n) is 7.23. The number of benzene rings is 5. The Hall–Kier alpha value is -3.16. The maximum Gasteiger partial charge on any atom is 0.0181 e. The molecule has 0 aliphatic rings. The molecule has 0 bridgehead atoms. The minimum absolute atomic E-state index is 1.10. The molecule has 0 aliphatic heterocycles. The van der Waals surface area contributed by atoms with Crippen LogP contribution in [-0.4, -0.2) is 0 Å². The van der Waals surface area contributed by atoms with E-state index >= 15 is 0 Å². The standard InChI is InChI=1S/C28H19Br/c29-28-10-4-9-26(19-28)25-8-3-7-24(17-25)21-11-13-22(14-12-21)27-16-15-20-5-1-2-6-23(20)18-27/h1-19H. The highest BCUT2D eigenvalue weighted by molar-refractivity contribution is 9.10. The van der Waals surface area contributed by atoms with Crippen LogP contribution in [-0.2, 0) is 0 Å². The highest BCUT2D eigenvalue weighted by Gasteiger charge is 2.04. The van der Waals surface area contributed by atoms with Crippen molar-refractivity contribution in [3.05, 3.63) is 120 Å². The Morgan fingerprint density at radius 3 is 1.55 bits per heavy atom. The van der Waals surface area contributed by atoms with Gasteiger partial charge in [-0.25, -0.2) is 0 Å². The number of halogens is 1. The van der Waals surface area contributed by atoms with Crippen LogP contribution < -0.4 is 0 Å². The molecule has 29 heavy (non-hydrogen) atoms. The first-order valence-electron chi connectivity index (χ1n) is 9.72. The molecule has 0 saturated heterocycles. The van der Waals surface area contributed by atoms with Gasteiger partial charge in [0.25, 0.3) is 0 Å². The molecule has 0 atom stereocenters. The topological polar surface area (TPSA) is 0 Å². The molecule has 0 unspecified atom stereocenters. The second kappa shape index (κ2) is 7.69. The molecule has 0 fully saturated rings. The van der Waals surface area contributed by atoms with Crippen LogP contribution in [0.25, 0.3) is 44.2 Å². The normalized spacial score (nSPS) is 10.9. The van der Waals surface area contributed by atoms with Crippen LogP contribution in [0, 0.1) is 0 Å². The molecule has 0 aliphatic carbocycles. The molecule has 5 aromatic carbocycles. The van der Waals surface area contributed by atoms with Crippen molar-refractivity contribution < 1.29 is 0 Å². The van der Waals surface area contributed by atoms with Gasteiger partial charge in [0.15, 0.2) is 0 Å². The molecular weight excluding hydrogens is 416 g/mol. The van der Waals surface area contributed by atoms with E-state index in [1.807, 2.05) is 0 Å². The molecule has 0 heterocycles. The Morgan fingerprint density at radius 1 is 0.345 bits per heavy atom. The summed E-state index contributed by atoms with van der Waals surface area (Å²) in [5.41, 5.74) is 7.39.